The highest BCUT2D eigenvalue weighted by Gasteiger charge is 2.41. The van der Waals surface area contributed by atoms with Crippen molar-refractivity contribution >= 4 is 27.8 Å². The number of carboxylic acid groups (broad SMARTS) is 1. The van der Waals surface area contributed by atoms with Crippen molar-refractivity contribution in [1.29, 1.82) is 0 Å². The highest BCUT2D eigenvalue weighted by atomic mass is 79.9. The average Bonchev–Trinajstić information content (AvgIpc) is 2.72. The van der Waals surface area contributed by atoms with E-state index in [1.807, 2.05) is 6.92 Å². The summed E-state index contributed by atoms with van der Waals surface area (Å²) in [7, 11) is 0. The first-order valence-electron chi connectivity index (χ1n) is 10.2. The topological polar surface area (TPSA) is 105 Å². The van der Waals surface area contributed by atoms with Crippen LogP contribution in [0, 0.1) is 5.82 Å². The average molecular weight is 510 g/mol. The number of nitrogens with one attached hydrogen (secondary N) is 1. The summed E-state index contributed by atoms with van der Waals surface area (Å²) < 4.78 is 25.9. The van der Waals surface area contributed by atoms with Gasteiger partial charge in [0.25, 0.3) is 0 Å². The van der Waals surface area contributed by atoms with Gasteiger partial charge in [-0.25, -0.2) is 9.18 Å². The van der Waals surface area contributed by atoms with E-state index in [-0.39, 0.29) is 24.8 Å². The zero-order valence-corrected chi connectivity index (χ0v) is 19.1. The molecule has 1 fully saturated rings. The number of aliphatic hydroxyl groups excluding tert-OH is 1. The zero-order valence-electron chi connectivity index (χ0n) is 17.5. The number of halogens is 2. The predicted molar refractivity (Wildman–Crippen MR) is 118 cm³/mol. The second-order valence-corrected chi connectivity index (χ2v) is 8.85. The Kier molecular flexibility index (Phi) is 7.86. The standard InChI is InChI=1S/C23H25BrFNO6/c1-23(26-20(28)9-10-27)11-18(14-5-7-15(25)8-6-14)32-19(12-23)16-3-2-4-17(24)22(16)31-13-21(29)30/h2-8,18-19,27H,9-13H2,1H3,(H,26,28)(H,29,30)/t18-,19+,23-/m0/s1. The minimum atomic E-state index is -1.11. The summed E-state index contributed by atoms with van der Waals surface area (Å²) in [5, 5.41) is 21.2. The molecule has 0 aliphatic carbocycles. The van der Waals surface area contributed by atoms with Crippen molar-refractivity contribution in [3.05, 3.63) is 63.9 Å². The Balaban J connectivity index is 1.97. The molecular weight excluding hydrogens is 485 g/mol. The monoisotopic (exact) mass is 509 g/mol. The molecule has 2 aromatic rings. The molecule has 0 spiro atoms. The van der Waals surface area contributed by atoms with E-state index in [1.54, 1.807) is 30.3 Å². The van der Waals surface area contributed by atoms with E-state index in [9.17, 15) is 14.0 Å². The van der Waals surface area contributed by atoms with Crippen LogP contribution in [0.25, 0.3) is 0 Å². The molecule has 1 aliphatic rings. The molecule has 3 rings (SSSR count). The number of ether oxygens (including phenoxy) is 2. The van der Waals surface area contributed by atoms with Gasteiger partial charge in [-0.15, -0.1) is 0 Å². The normalized spacial score (nSPS) is 22.9. The number of rotatable bonds is 8. The summed E-state index contributed by atoms with van der Waals surface area (Å²) in [5.74, 6) is -1.41. The molecule has 3 atom stereocenters. The first-order chi connectivity index (χ1) is 15.2. The SMILES string of the molecule is C[C@]1(NC(=O)CCO)C[C@@H](c2ccc(F)cc2)O[C@@H](c2cccc(Br)c2OCC(=O)O)C1. The van der Waals surface area contributed by atoms with Gasteiger partial charge < -0.3 is 25.0 Å². The van der Waals surface area contributed by atoms with Crippen LogP contribution in [0.3, 0.4) is 0 Å². The first kappa shape index (κ1) is 24.2. The van der Waals surface area contributed by atoms with Crippen LogP contribution in [0.4, 0.5) is 4.39 Å². The summed E-state index contributed by atoms with van der Waals surface area (Å²) in [6.07, 6.45) is -0.195. The lowest BCUT2D eigenvalue weighted by molar-refractivity contribution is -0.139. The van der Waals surface area contributed by atoms with Gasteiger partial charge in [-0.3, -0.25) is 4.79 Å². The Morgan fingerprint density at radius 2 is 1.91 bits per heavy atom. The maximum atomic E-state index is 13.5. The number of carboxylic acids is 1. The lowest BCUT2D eigenvalue weighted by atomic mass is 9.81. The molecule has 0 saturated carbocycles. The van der Waals surface area contributed by atoms with Gasteiger partial charge in [-0.05, 0) is 46.6 Å². The number of benzene rings is 2. The second kappa shape index (κ2) is 10.4. The third-order valence-corrected chi connectivity index (χ3v) is 5.93. The van der Waals surface area contributed by atoms with Crippen molar-refractivity contribution in [3.8, 4) is 5.75 Å². The molecule has 0 bridgehead atoms. The Morgan fingerprint density at radius 3 is 2.56 bits per heavy atom. The van der Waals surface area contributed by atoms with Gasteiger partial charge in [-0.1, -0.05) is 24.3 Å². The van der Waals surface area contributed by atoms with E-state index in [0.29, 0.717) is 28.6 Å². The van der Waals surface area contributed by atoms with E-state index in [1.165, 1.54) is 12.1 Å². The molecule has 1 saturated heterocycles. The fourth-order valence-electron chi connectivity index (χ4n) is 3.92. The quantitative estimate of drug-likeness (QED) is 0.498. The Bertz CT molecular complexity index is 969. The van der Waals surface area contributed by atoms with Gasteiger partial charge in [-0.2, -0.15) is 0 Å². The molecule has 1 heterocycles. The van der Waals surface area contributed by atoms with Gasteiger partial charge in [0.15, 0.2) is 6.61 Å². The maximum absolute atomic E-state index is 13.5. The highest BCUT2D eigenvalue weighted by molar-refractivity contribution is 9.10. The number of hydrogen-bond donors (Lipinski definition) is 3. The van der Waals surface area contributed by atoms with Crippen LogP contribution in [0.15, 0.2) is 46.9 Å². The van der Waals surface area contributed by atoms with Gasteiger partial charge >= 0.3 is 5.97 Å². The van der Waals surface area contributed by atoms with Crippen LogP contribution in [-0.4, -0.2) is 40.8 Å². The van der Waals surface area contributed by atoms with Gasteiger partial charge in [0.05, 0.1) is 23.3 Å². The number of carbonyl (C=O) groups excluding carboxylic acids is 1. The fraction of sp³-hybridized carbons (Fsp3) is 0.391. The fourth-order valence-corrected chi connectivity index (χ4v) is 4.42. The number of hydrogen-bond acceptors (Lipinski definition) is 5. The Labute approximate surface area is 193 Å². The van der Waals surface area contributed by atoms with Crippen molar-refractivity contribution in [2.45, 2.75) is 43.9 Å². The third-order valence-electron chi connectivity index (χ3n) is 5.31. The number of amides is 1. The lowest BCUT2D eigenvalue weighted by Gasteiger charge is -2.43. The molecule has 7 nitrogen and oxygen atoms in total. The summed E-state index contributed by atoms with van der Waals surface area (Å²) >= 11 is 3.41. The van der Waals surface area contributed by atoms with Gasteiger partial charge in [0, 0.05) is 30.4 Å². The van der Waals surface area contributed by atoms with Crippen LogP contribution < -0.4 is 10.1 Å². The van der Waals surface area contributed by atoms with Gasteiger partial charge in [0.1, 0.15) is 11.6 Å². The van der Waals surface area contributed by atoms with Crippen LogP contribution in [-0.2, 0) is 14.3 Å². The minimum absolute atomic E-state index is 0.0216. The Hall–Kier alpha value is -2.49. The molecule has 0 radical (unpaired) electrons. The number of aliphatic carboxylic acids is 1. The predicted octanol–water partition coefficient (Wildman–Crippen LogP) is 3.90. The molecule has 0 unspecified atom stereocenters. The van der Waals surface area contributed by atoms with Crippen LogP contribution >= 0.6 is 15.9 Å². The molecule has 9 heteroatoms. The summed E-state index contributed by atoms with van der Waals surface area (Å²) in [6, 6.07) is 11.3. The van der Waals surface area contributed by atoms with Crippen molar-refractivity contribution in [2.75, 3.05) is 13.2 Å². The molecular formula is C23H25BrFNO6. The first-order valence-corrected chi connectivity index (χ1v) is 11.0. The van der Waals surface area contributed by atoms with E-state index in [2.05, 4.69) is 21.2 Å². The lowest BCUT2D eigenvalue weighted by Crippen LogP contribution is -2.51. The van der Waals surface area contributed by atoms with Crippen LogP contribution in [0.2, 0.25) is 0 Å². The molecule has 0 aromatic heterocycles. The van der Waals surface area contributed by atoms with E-state index in [4.69, 9.17) is 19.7 Å². The molecule has 32 heavy (non-hydrogen) atoms. The van der Waals surface area contributed by atoms with Crippen molar-refractivity contribution in [1.82, 2.24) is 5.32 Å². The van der Waals surface area contributed by atoms with E-state index in [0.717, 1.165) is 5.56 Å². The smallest absolute Gasteiger partial charge is 0.341 e. The van der Waals surface area contributed by atoms with Crippen LogP contribution in [0.5, 0.6) is 5.75 Å². The van der Waals surface area contributed by atoms with Crippen LogP contribution in [0.1, 0.15) is 49.5 Å². The van der Waals surface area contributed by atoms with Gasteiger partial charge in [0.2, 0.25) is 5.91 Å². The number of aliphatic hydroxyl groups is 1. The van der Waals surface area contributed by atoms with E-state index < -0.39 is 30.3 Å². The summed E-state index contributed by atoms with van der Waals surface area (Å²) in [5.41, 5.74) is 0.692. The van der Waals surface area contributed by atoms with E-state index >= 15 is 0 Å². The van der Waals surface area contributed by atoms with Crippen molar-refractivity contribution in [2.24, 2.45) is 0 Å². The van der Waals surface area contributed by atoms with Crippen molar-refractivity contribution < 1.29 is 33.7 Å². The second-order valence-electron chi connectivity index (χ2n) is 8.00. The molecule has 3 N–H and O–H groups in total. The molecule has 172 valence electrons. The highest BCUT2D eigenvalue weighted by Crippen LogP contribution is 2.47. The molecule has 1 amide bonds. The maximum Gasteiger partial charge on any atom is 0.341 e. The third kappa shape index (κ3) is 6.05. The molecule has 2 aromatic carbocycles. The minimum Gasteiger partial charge on any atom is -0.480 e. The largest absolute Gasteiger partial charge is 0.480 e. The number of carbonyl (C=O) groups is 2. The Morgan fingerprint density at radius 1 is 1.22 bits per heavy atom. The molecule has 1 aliphatic heterocycles. The number of para-hydroxylation sites is 1. The summed E-state index contributed by atoms with van der Waals surface area (Å²) in [4.78, 5) is 23.3. The zero-order chi connectivity index (χ0) is 23.3. The summed E-state index contributed by atoms with van der Waals surface area (Å²) in [6.45, 7) is 1.11. The van der Waals surface area contributed by atoms with Crippen molar-refractivity contribution in [3.63, 3.8) is 0 Å².